The molecule has 5 heterocycles. The first-order valence-electron chi connectivity index (χ1n) is 20.1. The Labute approximate surface area is 351 Å². The molecule has 3 aliphatic heterocycles. The zero-order valence-electron chi connectivity index (χ0n) is 34.5. The molecule has 1 N–H and O–H groups in total. The number of carbonyl (C=O) groups excluding carboxylic acids is 5. The maximum absolute atomic E-state index is 16.3. The number of pyridine rings is 1. The van der Waals surface area contributed by atoms with Gasteiger partial charge in [-0.1, -0.05) is 12.1 Å². The second kappa shape index (κ2) is 16.5. The lowest BCUT2D eigenvalue weighted by Crippen LogP contribution is -2.59. The molecule has 7 rings (SSSR count). The van der Waals surface area contributed by atoms with Gasteiger partial charge in [0.05, 0.1) is 15.7 Å². The summed E-state index contributed by atoms with van der Waals surface area (Å²) < 4.78 is 66.8. The zero-order valence-corrected chi connectivity index (χ0v) is 36.2. The third-order valence-corrected chi connectivity index (χ3v) is 14.6. The number of thiophene rings is 1. The molecule has 0 bridgehead atoms. The smallest absolute Gasteiger partial charge is 0.410 e. The molecule has 0 radical (unpaired) electrons. The highest BCUT2D eigenvalue weighted by molar-refractivity contribution is 7.54. The fraction of sp³-hybridized carbons (Fsp3) is 0.571. The number of hydrogen-bond acceptors (Lipinski definition) is 12. The van der Waals surface area contributed by atoms with Crippen molar-refractivity contribution in [1.82, 2.24) is 20.1 Å². The number of amides is 3. The van der Waals surface area contributed by atoms with Gasteiger partial charge >= 0.3 is 25.2 Å². The number of nitrogens with zero attached hydrogens (tertiary/aromatic N) is 3. The van der Waals surface area contributed by atoms with Crippen LogP contribution in [0.15, 0.2) is 48.7 Å². The third kappa shape index (κ3) is 9.00. The summed E-state index contributed by atoms with van der Waals surface area (Å²) in [5.41, 5.74) is -6.26. The van der Waals surface area contributed by atoms with Crippen LogP contribution in [0.5, 0.6) is 0 Å². The van der Waals surface area contributed by atoms with Crippen LogP contribution in [0.25, 0.3) is 10.1 Å². The minimum Gasteiger partial charge on any atom is -0.438 e. The van der Waals surface area contributed by atoms with Gasteiger partial charge in [0.15, 0.2) is 0 Å². The van der Waals surface area contributed by atoms with Gasteiger partial charge in [0.2, 0.25) is 25.4 Å². The summed E-state index contributed by atoms with van der Waals surface area (Å²) in [4.78, 5) is 74.7. The Morgan fingerprint density at radius 1 is 0.883 bits per heavy atom. The molecule has 3 amide bonds. The van der Waals surface area contributed by atoms with E-state index >= 15 is 8.78 Å². The molecule has 3 aromatic rings. The molecule has 18 heteroatoms. The summed E-state index contributed by atoms with van der Waals surface area (Å²) in [6.07, 6.45) is 5.19. The molecule has 60 heavy (non-hydrogen) atoms. The van der Waals surface area contributed by atoms with Gasteiger partial charge in [0.25, 0.3) is 5.91 Å². The van der Waals surface area contributed by atoms with Crippen LogP contribution in [0.1, 0.15) is 100 Å². The van der Waals surface area contributed by atoms with Crippen LogP contribution in [0.2, 0.25) is 0 Å². The molecule has 0 spiro atoms. The number of rotatable bonds is 12. The van der Waals surface area contributed by atoms with Gasteiger partial charge in [0, 0.05) is 47.2 Å². The number of hydrogen-bond donors (Lipinski definition) is 1. The fourth-order valence-corrected chi connectivity index (χ4v) is 10.1. The van der Waals surface area contributed by atoms with Crippen molar-refractivity contribution < 1.29 is 55.8 Å². The maximum atomic E-state index is 16.3. The minimum atomic E-state index is -5.57. The normalized spacial score (nSPS) is 23.5. The van der Waals surface area contributed by atoms with E-state index in [-0.39, 0.29) is 40.0 Å². The summed E-state index contributed by atoms with van der Waals surface area (Å²) in [6, 6.07) is 8.90. The highest BCUT2D eigenvalue weighted by Gasteiger charge is 2.56. The molecular formula is C42H51F2N4O10PS. The number of esters is 2. The van der Waals surface area contributed by atoms with Gasteiger partial charge in [-0.05, 0) is 121 Å². The molecule has 3 saturated heterocycles. The Bertz CT molecular complexity index is 2170. The van der Waals surface area contributed by atoms with Gasteiger partial charge in [-0.2, -0.15) is 8.78 Å². The topological polar surface area (TPSA) is 171 Å². The van der Waals surface area contributed by atoms with Crippen LogP contribution >= 0.6 is 18.9 Å². The minimum absolute atomic E-state index is 0.0923. The summed E-state index contributed by atoms with van der Waals surface area (Å²) in [7, 11) is -5.57. The number of fused-ring (bicyclic) bond motifs is 3. The van der Waals surface area contributed by atoms with Crippen LogP contribution < -0.4 is 5.32 Å². The van der Waals surface area contributed by atoms with Crippen molar-refractivity contribution in [3.8, 4) is 0 Å². The van der Waals surface area contributed by atoms with Crippen molar-refractivity contribution in [3.05, 3.63) is 64.8 Å². The second-order valence-corrected chi connectivity index (χ2v) is 21.4. The predicted molar refractivity (Wildman–Crippen MR) is 216 cm³/mol. The lowest BCUT2D eigenvalue weighted by atomic mass is 9.94. The standard InChI is InChI=1S/C42H51F2N4O10PS/c1-40(2,3)38(52)55-22-57-59(54,58-23-56-39(53)41(4,5)6)42(43,44)28-10-13-33-26(16-28)19-34(60-33)35(49)46-31-18-25-15-24(25)17-29-11-12-32(48(29)36(31)50)37(51)47-20-27(21-47)30-9-7-8-14-45-30/h7-10,13-14,16,19,24-25,27,29,31-32H,11-12,15,17-18,20-23H2,1-6H3,(H,46,49)/t24-,25+,29+,31-,32-/m0/s1. The van der Waals surface area contributed by atoms with E-state index in [0.717, 1.165) is 42.0 Å². The number of nitrogens with one attached hydrogen (secondary N) is 1. The molecule has 1 aromatic carbocycles. The highest BCUT2D eigenvalue weighted by Crippen LogP contribution is 2.67. The molecular weight excluding hydrogens is 822 g/mol. The van der Waals surface area contributed by atoms with Gasteiger partial charge in [-0.15, -0.1) is 11.3 Å². The monoisotopic (exact) mass is 872 g/mol. The van der Waals surface area contributed by atoms with E-state index in [0.29, 0.717) is 43.0 Å². The average Bonchev–Trinajstić information content (AvgIpc) is 3.52. The Kier molecular flexibility index (Phi) is 12.1. The highest BCUT2D eigenvalue weighted by atomic mass is 32.1. The van der Waals surface area contributed by atoms with E-state index in [1.165, 1.54) is 53.7 Å². The Morgan fingerprint density at radius 3 is 2.15 bits per heavy atom. The van der Waals surface area contributed by atoms with Gasteiger partial charge in [-0.3, -0.25) is 42.6 Å². The number of benzene rings is 1. The first kappa shape index (κ1) is 43.8. The first-order valence-corrected chi connectivity index (χ1v) is 22.5. The Balaban J connectivity index is 1.06. The summed E-state index contributed by atoms with van der Waals surface area (Å²) >= 11 is 1.02. The van der Waals surface area contributed by atoms with Crippen molar-refractivity contribution in [1.29, 1.82) is 0 Å². The van der Waals surface area contributed by atoms with Crippen LogP contribution in [-0.4, -0.2) is 89.2 Å². The van der Waals surface area contributed by atoms with Crippen molar-refractivity contribution in [2.75, 3.05) is 26.7 Å². The van der Waals surface area contributed by atoms with E-state index in [1.807, 2.05) is 18.2 Å². The third-order valence-electron chi connectivity index (χ3n) is 11.6. The number of likely N-dealkylation sites (tertiary alicyclic amines) is 1. The van der Waals surface area contributed by atoms with Crippen molar-refractivity contribution in [2.45, 2.75) is 103 Å². The molecule has 2 aromatic heterocycles. The quantitative estimate of drug-likeness (QED) is 0.111. The van der Waals surface area contributed by atoms with Crippen LogP contribution in [0.3, 0.4) is 0 Å². The van der Waals surface area contributed by atoms with E-state index < -0.39 is 73.2 Å². The zero-order chi connectivity index (χ0) is 43.4. The SMILES string of the molecule is CC(C)(C)C(=O)OCOP(=O)(OCOC(=O)C(C)(C)C)C(F)(F)c1ccc2sc(C(=O)N[C@H]3C[C@H]4C[C@H]4C[C@H]4CC[C@@H](C(=O)N5CC(c6ccccn6)C5)N4C3=O)cc2c1. The first-order chi connectivity index (χ1) is 28.2. The van der Waals surface area contributed by atoms with E-state index in [9.17, 15) is 28.5 Å². The molecule has 5 atom stereocenters. The summed E-state index contributed by atoms with van der Waals surface area (Å²) in [5, 5.41) is 3.13. The van der Waals surface area contributed by atoms with Crippen molar-refractivity contribution in [2.24, 2.45) is 22.7 Å². The Hall–Kier alpha value is -4.31. The van der Waals surface area contributed by atoms with Crippen LogP contribution in [-0.2, 0) is 47.9 Å². The van der Waals surface area contributed by atoms with Crippen LogP contribution in [0, 0.1) is 22.7 Å². The number of aromatic nitrogens is 1. The van der Waals surface area contributed by atoms with E-state index in [1.54, 1.807) is 16.0 Å². The van der Waals surface area contributed by atoms with Gasteiger partial charge in [0.1, 0.15) is 12.1 Å². The number of ether oxygens (including phenoxy) is 2. The van der Waals surface area contributed by atoms with Crippen molar-refractivity contribution in [3.63, 3.8) is 0 Å². The number of halogens is 2. The lowest BCUT2D eigenvalue weighted by Gasteiger charge is -2.43. The lowest BCUT2D eigenvalue weighted by molar-refractivity contribution is -0.163. The molecule has 1 saturated carbocycles. The molecule has 4 fully saturated rings. The summed E-state index contributed by atoms with van der Waals surface area (Å²) in [5.74, 6) is -1.77. The van der Waals surface area contributed by atoms with Gasteiger partial charge in [-0.25, -0.2) is 0 Å². The van der Waals surface area contributed by atoms with Crippen LogP contribution in [0.4, 0.5) is 8.78 Å². The molecule has 1 aliphatic carbocycles. The predicted octanol–water partition coefficient (Wildman–Crippen LogP) is 7.18. The number of alkyl halides is 2. The second-order valence-electron chi connectivity index (χ2n) is 18.2. The molecule has 14 nitrogen and oxygen atoms in total. The Morgan fingerprint density at radius 2 is 1.53 bits per heavy atom. The van der Waals surface area contributed by atoms with E-state index in [2.05, 4.69) is 10.3 Å². The van der Waals surface area contributed by atoms with Gasteiger partial charge < -0.3 is 24.6 Å². The fourth-order valence-electron chi connectivity index (χ4n) is 7.97. The molecule has 0 unspecified atom stereocenters. The summed E-state index contributed by atoms with van der Waals surface area (Å²) in [6.45, 7) is 7.97. The maximum Gasteiger partial charge on any atom is 0.410 e. The largest absolute Gasteiger partial charge is 0.438 e. The molecule has 324 valence electrons. The van der Waals surface area contributed by atoms with E-state index in [4.69, 9.17) is 18.5 Å². The average molecular weight is 873 g/mol. The number of carbonyl (C=O) groups is 5. The molecule has 4 aliphatic rings. The van der Waals surface area contributed by atoms with Crippen molar-refractivity contribution >= 4 is 58.7 Å².